The number of phenolic OH excluding ortho intramolecular Hbond substituents is 1. The molecule has 0 radical (unpaired) electrons. The summed E-state index contributed by atoms with van der Waals surface area (Å²) in [5, 5.41) is 18.1. The van der Waals surface area contributed by atoms with Gasteiger partial charge >= 0.3 is 0 Å². The van der Waals surface area contributed by atoms with E-state index < -0.39 is 5.91 Å². The number of phenols is 1. The summed E-state index contributed by atoms with van der Waals surface area (Å²) in [6.45, 7) is 0. The first-order valence-electron chi connectivity index (χ1n) is 8.74. The number of carbonyl (C=O) groups is 2. The lowest BCUT2D eigenvalue weighted by molar-refractivity contribution is -0.113. The summed E-state index contributed by atoms with van der Waals surface area (Å²) in [4.78, 5) is 26.4. The number of rotatable bonds is 4. The van der Waals surface area contributed by atoms with Crippen LogP contribution >= 0.6 is 11.8 Å². The van der Waals surface area contributed by atoms with Crippen LogP contribution in [0.4, 0.5) is 21.9 Å². The largest absolute Gasteiger partial charge is 0.507 e. The fourth-order valence-electron chi connectivity index (χ4n) is 2.74. The van der Waals surface area contributed by atoms with Gasteiger partial charge in [0.2, 0.25) is 0 Å². The molecule has 6 nitrogen and oxygen atoms in total. The number of nitrogens with zero attached hydrogens (tertiary/aromatic N) is 3. The highest BCUT2D eigenvalue weighted by Crippen LogP contribution is 2.37. The molecule has 1 aliphatic heterocycles. The normalized spacial score (nSPS) is 15.6. The molecule has 1 fully saturated rings. The summed E-state index contributed by atoms with van der Waals surface area (Å²) >= 11 is 0.830. The molecule has 0 atom stereocenters. The minimum Gasteiger partial charge on any atom is -0.507 e. The molecule has 0 aromatic heterocycles. The number of amides is 2. The average molecular weight is 401 g/mol. The number of azo groups is 1. The Morgan fingerprint density at radius 1 is 0.828 bits per heavy atom. The van der Waals surface area contributed by atoms with E-state index in [0.29, 0.717) is 22.6 Å². The molecule has 1 saturated heterocycles. The Kier molecular flexibility index (Phi) is 5.22. The standard InChI is InChI=1S/C22H15N3O3S/c26-19-12-11-17(24-23-16-7-3-1-4-8-16)13-15(19)14-20-21(27)25(22(28)29-20)18-9-5-2-6-10-18/h1-14,26H/b20-14-,24-23?. The number of hydrogen-bond donors (Lipinski definition) is 1. The lowest BCUT2D eigenvalue weighted by Gasteiger charge is -2.11. The average Bonchev–Trinajstić information content (AvgIpc) is 3.03. The van der Waals surface area contributed by atoms with E-state index in [-0.39, 0.29) is 15.9 Å². The SMILES string of the molecule is O=C1S/C(=C\c2cc(N=Nc3ccccc3)ccc2O)C(=O)N1c1ccccc1. The third-order valence-corrected chi connectivity index (χ3v) is 5.01. The van der Waals surface area contributed by atoms with Gasteiger partial charge in [-0.15, -0.1) is 0 Å². The van der Waals surface area contributed by atoms with Gasteiger partial charge in [0.15, 0.2) is 0 Å². The second-order valence-electron chi connectivity index (χ2n) is 6.13. The van der Waals surface area contributed by atoms with Crippen LogP contribution in [-0.2, 0) is 4.79 Å². The minimum absolute atomic E-state index is 0.0184. The maximum atomic E-state index is 12.7. The van der Waals surface area contributed by atoms with Crippen molar-refractivity contribution < 1.29 is 14.7 Å². The van der Waals surface area contributed by atoms with Gasteiger partial charge in [-0.3, -0.25) is 9.59 Å². The Balaban J connectivity index is 1.62. The van der Waals surface area contributed by atoms with Crippen LogP contribution in [0.25, 0.3) is 6.08 Å². The molecule has 0 spiro atoms. The van der Waals surface area contributed by atoms with Gasteiger partial charge in [-0.05, 0) is 60.3 Å². The number of benzene rings is 3. The van der Waals surface area contributed by atoms with Crippen LogP contribution in [0.5, 0.6) is 5.75 Å². The van der Waals surface area contributed by atoms with E-state index in [4.69, 9.17) is 0 Å². The molecule has 0 saturated carbocycles. The van der Waals surface area contributed by atoms with E-state index in [9.17, 15) is 14.7 Å². The highest BCUT2D eigenvalue weighted by molar-refractivity contribution is 8.19. The molecule has 0 unspecified atom stereocenters. The van der Waals surface area contributed by atoms with Gasteiger partial charge in [-0.1, -0.05) is 36.4 Å². The molecule has 2 amide bonds. The Bertz CT molecular complexity index is 1130. The molecule has 1 N–H and O–H groups in total. The summed E-state index contributed by atoms with van der Waals surface area (Å²) in [5.74, 6) is -0.447. The smallest absolute Gasteiger partial charge is 0.298 e. The van der Waals surface area contributed by atoms with Crippen molar-refractivity contribution >= 4 is 46.0 Å². The number of thioether (sulfide) groups is 1. The predicted molar refractivity (Wildman–Crippen MR) is 114 cm³/mol. The van der Waals surface area contributed by atoms with Crippen molar-refractivity contribution in [3.63, 3.8) is 0 Å². The van der Waals surface area contributed by atoms with Gasteiger partial charge in [0, 0.05) is 5.56 Å². The highest BCUT2D eigenvalue weighted by Gasteiger charge is 2.36. The number of imide groups is 1. The molecule has 3 aromatic carbocycles. The number of anilines is 1. The van der Waals surface area contributed by atoms with Gasteiger partial charge < -0.3 is 5.11 Å². The zero-order valence-electron chi connectivity index (χ0n) is 15.1. The lowest BCUT2D eigenvalue weighted by Crippen LogP contribution is -2.27. The maximum Gasteiger partial charge on any atom is 0.298 e. The van der Waals surface area contributed by atoms with Gasteiger partial charge in [0.05, 0.1) is 22.0 Å². The van der Waals surface area contributed by atoms with Crippen molar-refractivity contribution in [2.75, 3.05) is 4.90 Å². The third-order valence-electron chi connectivity index (χ3n) is 4.14. The Labute approximate surface area is 171 Å². The second-order valence-corrected chi connectivity index (χ2v) is 7.12. The summed E-state index contributed by atoms with van der Waals surface area (Å²) in [7, 11) is 0. The molecular weight excluding hydrogens is 386 g/mol. The Hall–Kier alpha value is -3.71. The van der Waals surface area contributed by atoms with Gasteiger partial charge in [0.25, 0.3) is 11.1 Å². The molecule has 0 aliphatic carbocycles. The molecule has 4 rings (SSSR count). The molecule has 3 aromatic rings. The van der Waals surface area contributed by atoms with Crippen LogP contribution in [0.15, 0.2) is 94.0 Å². The number of aromatic hydroxyl groups is 1. The monoisotopic (exact) mass is 401 g/mol. The molecule has 142 valence electrons. The van der Waals surface area contributed by atoms with E-state index in [1.807, 2.05) is 36.4 Å². The fourth-order valence-corrected chi connectivity index (χ4v) is 3.57. The highest BCUT2D eigenvalue weighted by atomic mass is 32.2. The van der Waals surface area contributed by atoms with Crippen LogP contribution in [0.1, 0.15) is 5.56 Å². The van der Waals surface area contributed by atoms with Crippen molar-refractivity contribution in [3.8, 4) is 5.75 Å². The summed E-state index contributed by atoms with van der Waals surface area (Å²) in [6, 6.07) is 22.7. The Morgan fingerprint density at radius 2 is 1.48 bits per heavy atom. The zero-order chi connectivity index (χ0) is 20.2. The van der Waals surface area contributed by atoms with Crippen LogP contribution in [0.3, 0.4) is 0 Å². The van der Waals surface area contributed by atoms with Crippen molar-refractivity contribution in [1.29, 1.82) is 0 Å². The molecular formula is C22H15N3O3S. The minimum atomic E-state index is -0.429. The van der Waals surface area contributed by atoms with Crippen LogP contribution in [-0.4, -0.2) is 16.3 Å². The quantitative estimate of drug-likeness (QED) is 0.426. The molecule has 1 aliphatic rings. The first-order valence-corrected chi connectivity index (χ1v) is 9.56. The first kappa shape index (κ1) is 18.6. The molecule has 1 heterocycles. The number of para-hydroxylation sites is 1. The van der Waals surface area contributed by atoms with Gasteiger partial charge in [-0.2, -0.15) is 10.2 Å². The van der Waals surface area contributed by atoms with Crippen molar-refractivity contribution in [3.05, 3.63) is 89.3 Å². The van der Waals surface area contributed by atoms with Crippen molar-refractivity contribution in [1.82, 2.24) is 0 Å². The van der Waals surface area contributed by atoms with Gasteiger partial charge in [-0.25, -0.2) is 4.90 Å². The van der Waals surface area contributed by atoms with E-state index in [2.05, 4.69) is 10.2 Å². The van der Waals surface area contributed by atoms with Crippen LogP contribution in [0.2, 0.25) is 0 Å². The maximum absolute atomic E-state index is 12.7. The van der Waals surface area contributed by atoms with E-state index >= 15 is 0 Å². The van der Waals surface area contributed by atoms with Crippen molar-refractivity contribution in [2.45, 2.75) is 0 Å². The molecule has 29 heavy (non-hydrogen) atoms. The van der Waals surface area contributed by atoms with E-state index in [0.717, 1.165) is 16.7 Å². The Morgan fingerprint density at radius 3 is 2.21 bits per heavy atom. The van der Waals surface area contributed by atoms with Crippen molar-refractivity contribution in [2.24, 2.45) is 10.2 Å². The molecule has 0 bridgehead atoms. The van der Waals surface area contributed by atoms with Crippen LogP contribution < -0.4 is 4.90 Å². The second kappa shape index (κ2) is 8.12. The third kappa shape index (κ3) is 4.09. The van der Waals surface area contributed by atoms with Gasteiger partial charge in [0.1, 0.15) is 5.75 Å². The predicted octanol–water partition coefficient (Wildman–Crippen LogP) is 6.05. The van der Waals surface area contributed by atoms with Crippen LogP contribution in [0, 0.1) is 0 Å². The lowest BCUT2D eigenvalue weighted by atomic mass is 10.1. The fraction of sp³-hybridized carbons (Fsp3) is 0. The van der Waals surface area contributed by atoms with E-state index in [1.54, 1.807) is 36.4 Å². The first-order chi connectivity index (χ1) is 14.1. The summed E-state index contributed by atoms with van der Waals surface area (Å²) in [5.41, 5.74) is 2.10. The topological polar surface area (TPSA) is 82.3 Å². The summed E-state index contributed by atoms with van der Waals surface area (Å²) < 4.78 is 0. The number of carbonyl (C=O) groups excluding carboxylic acids is 2. The van der Waals surface area contributed by atoms with E-state index in [1.165, 1.54) is 12.1 Å². The molecule has 7 heteroatoms. The number of hydrogen-bond acceptors (Lipinski definition) is 6. The summed E-state index contributed by atoms with van der Waals surface area (Å²) in [6.07, 6.45) is 1.49. The zero-order valence-corrected chi connectivity index (χ0v) is 15.9.